The summed E-state index contributed by atoms with van der Waals surface area (Å²) in [6, 6.07) is 0. The third kappa shape index (κ3) is 2.68. The van der Waals surface area contributed by atoms with E-state index in [0.717, 1.165) is 12.8 Å². The Labute approximate surface area is 84.8 Å². The molecule has 4 nitrogen and oxygen atoms in total. The SMILES string of the molecule is O=S1(=O)CCN(CC(O)C2CC2)CC1. The monoisotopic (exact) mass is 219 g/mol. The molecule has 0 radical (unpaired) electrons. The van der Waals surface area contributed by atoms with Crippen molar-refractivity contribution in [3.63, 3.8) is 0 Å². The number of aliphatic hydroxyl groups is 1. The Morgan fingerprint density at radius 3 is 2.36 bits per heavy atom. The molecule has 1 saturated heterocycles. The molecule has 1 N–H and O–H groups in total. The van der Waals surface area contributed by atoms with E-state index < -0.39 is 9.84 Å². The predicted octanol–water partition coefficient (Wildman–Crippen LogP) is -0.512. The fourth-order valence-electron chi connectivity index (χ4n) is 1.83. The molecule has 1 heterocycles. The molecule has 0 amide bonds. The van der Waals surface area contributed by atoms with Crippen LogP contribution in [0, 0.1) is 5.92 Å². The van der Waals surface area contributed by atoms with Gasteiger partial charge in [-0.05, 0) is 18.8 Å². The van der Waals surface area contributed by atoms with Gasteiger partial charge in [-0.2, -0.15) is 0 Å². The minimum atomic E-state index is -2.78. The van der Waals surface area contributed by atoms with Crippen LogP contribution in [0.25, 0.3) is 0 Å². The largest absolute Gasteiger partial charge is 0.392 e. The topological polar surface area (TPSA) is 57.6 Å². The number of sulfone groups is 1. The Hall–Kier alpha value is -0.130. The van der Waals surface area contributed by atoms with E-state index in [2.05, 4.69) is 4.90 Å². The van der Waals surface area contributed by atoms with Crippen molar-refractivity contribution < 1.29 is 13.5 Å². The van der Waals surface area contributed by atoms with E-state index in [1.165, 1.54) is 0 Å². The van der Waals surface area contributed by atoms with E-state index in [4.69, 9.17) is 0 Å². The molecule has 82 valence electrons. The number of nitrogens with zero attached hydrogens (tertiary/aromatic N) is 1. The van der Waals surface area contributed by atoms with Gasteiger partial charge in [-0.3, -0.25) is 4.90 Å². The summed E-state index contributed by atoms with van der Waals surface area (Å²) in [5, 5.41) is 9.68. The highest BCUT2D eigenvalue weighted by Crippen LogP contribution is 2.32. The standard InChI is InChI=1S/C9H17NO3S/c11-9(8-1-2-8)7-10-3-5-14(12,13)6-4-10/h8-9,11H,1-7H2. The lowest BCUT2D eigenvalue weighted by Crippen LogP contribution is -2.44. The third-order valence-electron chi connectivity index (χ3n) is 3.05. The number of β-amino-alcohol motifs (C(OH)–C–C–N with tert-alkyl or cyclic N) is 1. The number of hydrogen-bond donors (Lipinski definition) is 1. The summed E-state index contributed by atoms with van der Waals surface area (Å²) in [5.41, 5.74) is 0. The van der Waals surface area contributed by atoms with Gasteiger partial charge in [0.25, 0.3) is 0 Å². The second-order valence-corrected chi connectivity index (χ2v) is 6.66. The van der Waals surface area contributed by atoms with Crippen LogP contribution in [0.15, 0.2) is 0 Å². The summed E-state index contributed by atoms with van der Waals surface area (Å²) in [5.74, 6) is 0.989. The summed E-state index contributed by atoms with van der Waals surface area (Å²) in [6.07, 6.45) is 2.02. The second kappa shape index (κ2) is 3.79. The molecule has 0 aromatic heterocycles. The molecule has 1 saturated carbocycles. The minimum absolute atomic E-state index is 0.240. The van der Waals surface area contributed by atoms with E-state index in [0.29, 0.717) is 25.6 Å². The lowest BCUT2D eigenvalue weighted by Gasteiger charge is -2.28. The number of hydrogen-bond acceptors (Lipinski definition) is 4. The van der Waals surface area contributed by atoms with Gasteiger partial charge >= 0.3 is 0 Å². The van der Waals surface area contributed by atoms with E-state index in [-0.39, 0.29) is 17.6 Å². The first-order valence-electron chi connectivity index (χ1n) is 5.18. The Bertz CT molecular complexity index is 283. The van der Waals surface area contributed by atoms with Crippen LogP contribution in [0.5, 0.6) is 0 Å². The quantitative estimate of drug-likeness (QED) is 0.694. The first-order chi connectivity index (χ1) is 6.57. The van der Waals surface area contributed by atoms with Crippen molar-refractivity contribution in [2.24, 2.45) is 5.92 Å². The van der Waals surface area contributed by atoms with Crippen molar-refractivity contribution >= 4 is 9.84 Å². The van der Waals surface area contributed by atoms with Crippen LogP contribution >= 0.6 is 0 Å². The summed E-state index contributed by atoms with van der Waals surface area (Å²) < 4.78 is 22.3. The number of rotatable bonds is 3. The maximum atomic E-state index is 11.1. The third-order valence-corrected chi connectivity index (χ3v) is 4.66. The molecule has 0 aromatic carbocycles. The van der Waals surface area contributed by atoms with Gasteiger partial charge in [-0.25, -0.2) is 8.42 Å². The summed E-state index contributed by atoms with van der Waals surface area (Å²) in [4.78, 5) is 2.06. The summed E-state index contributed by atoms with van der Waals surface area (Å²) >= 11 is 0. The van der Waals surface area contributed by atoms with Crippen LogP contribution in [0.2, 0.25) is 0 Å². The smallest absolute Gasteiger partial charge is 0.152 e. The van der Waals surface area contributed by atoms with Gasteiger partial charge in [-0.1, -0.05) is 0 Å². The predicted molar refractivity (Wildman–Crippen MR) is 53.8 cm³/mol. The van der Waals surface area contributed by atoms with Crippen LogP contribution in [0.4, 0.5) is 0 Å². The molecule has 0 spiro atoms. The zero-order valence-corrected chi connectivity index (χ0v) is 9.04. The lowest BCUT2D eigenvalue weighted by molar-refractivity contribution is 0.0990. The summed E-state index contributed by atoms with van der Waals surface area (Å²) in [7, 11) is -2.78. The minimum Gasteiger partial charge on any atom is -0.392 e. The second-order valence-electron chi connectivity index (χ2n) is 4.36. The molecular weight excluding hydrogens is 202 g/mol. The van der Waals surface area contributed by atoms with Crippen molar-refractivity contribution in [2.75, 3.05) is 31.1 Å². The lowest BCUT2D eigenvalue weighted by atomic mass is 10.2. The highest BCUT2D eigenvalue weighted by atomic mass is 32.2. The maximum Gasteiger partial charge on any atom is 0.152 e. The van der Waals surface area contributed by atoms with Gasteiger partial charge in [0.2, 0.25) is 0 Å². The van der Waals surface area contributed by atoms with Gasteiger partial charge in [-0.15, -0.1) is 0 Å². The highest BCUT2D eigenvalue weighted by Gasteiger charge is 2.32. The Morgan fingerprint density at radius 2 is 1.86 bits per heavy atom. The average molecular weight is 219 g/mol. The molecule has 2 rings (SSSR count). The van der Waals surface area contributed by atoms with Crippen molar-refractivity contribution in [1.29, 1.82) is 0 Å². The van der Waals surface area contributed by atoms with Crippen molar-refractivity contribution in [2.45, 2.75) is 18.9 Å². The first kappa shape index (κ1) is 10.4. The molecule has 1 unspecified atom stereocenters. The first-order valence-corrected chi connectivity index (χ1v) is 7.00. The maximum absolute atomic E-state index is 11.1. The Morgan fingerprint density at radius 1 is 1.29 bits per heavy atom. The van der Waals surface area contributed by atoms with Crippen LogP contribution in [-0.4, -0.2) is 55.7 Å². The van der Waals surface area contributed by atoms with Gasteiger partial charge in [0, 0.05) is 19.6 Å². The van der Waals surface area contributed by atoms with Gasteiger partial charge < -0.3 is 5.11 Å². The normalized spacial score (nSPS) is 30.1. The van der Waals surface area contributed by atoms with Crippen LogP contribution in [0.1, 0.15) is 12.8 Å². The van der Waals surface area contributed by atoms with Crippen LogP contribution in [-0.2, 0) is 9.84 Å². The van der Waals surface area contributed by atoms with Crippen LogP contribution in [0.3, 0.4) is 0 Å². The number of aliphatic hydroxyl groups excluding tert-OH is 1. The fraction of sp³-hybridized carbons (Fsp3) is 1.00. The molecular formula is C9H17NO3S. The van der Waals surface area contributed by atoms with Crippen molar-refractivity contribution in [3.05, 3.63) is 0 Å². The zero-order valence-electron chi connectivity index (χ0n) is 8.22. The van der Waals surface area contributed by atoms with E-state index in [9.17, 15) is 13.5 Å². The molecule has 1 atom stereocenters. The zero-order chi connectivity index (χ0) is 10.2. The van der Waals surface area contributed by atoms with Gasteiger partial charge in [0.05, 0.1) is 17.6 Å². The average Bonchev–Trinajstić information content (AvgIpc) is 2.91. The molecule has 1 aliphatic heterocycles. The molecule has 0 bridgehead atoms. The molecule has 2 fully saturated rings. The van der Waals surface area contributed by atoms with Crippen molar-refractivity contribution in [3.8, 4) is 0 Å². The molecule has 0 aromatic rings. The molecule has 14 heavy (non-hydrogen) atoms. The van der Waals surface area contributed by atoms with E-state index in [1.54, 1.807) is 0 Å². The Balaban J connectivity index is 1.77. The highest BCUT2D eigenvalue weighted by molar-refractivity contribution is 7.91. The molecule has 5 heteroatoms. The van der Waals surface area contributed by atoms with Gasteiger partial charge in [0.1, 0.15) is 0 Å². The van der Waals surface area contributed by atoms with Gasteiger partial charge in [0.15, 0.2) is 9.84 Å². The Kier molecular flexibility index (Phi) is 2.81. The summed E-state index contributed by atoms with van der Waals surface area (Å²) in [6.45, 7) is 1.83. The van der Waals surface area contributed by atoms with Crippen LogP contribution < -0.4 is 0 Å². The van der Waals surface area contributed by atoms with E-state index >= 15 is 0 Å². The van der Waals surface area contributed by atoms with E-state index in [1.807, 2.05) is 0 Å². The van der Waals surface area contributed by atoms with Crippen molar-refractivity contribution in [1.82, 2.24) is 4.90 Å². The fourth-order valence-corrected chi connectivity index (χ4v) is 3.10. The molecule has 1 aliphatic carbocycles. The molecule has 2 aliphatic rings.